The summed E-state index contributed by atoms with van der Waals surface area (Å²) in [6, 6.07) is 5.66. The van der Waals surface area contributed by atoms with E-state index in [2.05, 4.69) is 10.6 Å². The number of rotatable bonds is 6. The third-order valence-electron chi connectivity index (χ3n) is 4.97. The summed E-state index contributed by atoms with van der Waals surface area (Å²) < 4.78 is 5.29. The summed E-state index contributed by atoms with van der Waals surface area (Å²) in [4.78, 5) is 24.1. The Morgan fingerprint density at radius 3 is 2.62 bits per heavy atom. The minimum Gasteiger partial charge on any atom is -0.447 e. The monoisotopic (exact) mass is 398 g/mol. The van der Waals surface area contributed by atoms with Crippen molar-refractivity contribution in [2.45, 2.75) is 27.7 Å². The first-order valence-corrected chi connectivity index (χ1v) is 9.20. The lowest BCUT2D eigenvalue weighted by Gasteiger charge is -2.11. The molecule has 1 fully saturated rings. The molecular formula is C19H24Cl2N2O3. The smallest absolute Gasteiger partial charge is 0.411 e. The first-order chi connectivity index (χ1) is 12.1. The SMILES string of the molecule is Cc1cccc(NC(=O)OCCNC(=O)[C@H]2[C@@H](C=C(Cl)Cl)C2(C)C)c1C. The van der Waals surface area contributed by atoms with Crippen molar-refractivity contribution in [2.24, 2.45) is 17.3 Å². The van der Waals surface area contributed by atoms with Crippen molar-refractivity contribution in [1.82, 2.24) is 5.32 Å². The van der Waals surface area contributed by atoms with Gasteiger partial charge in [0.1, 0.15) is 11.1 Å². The molecule has 0 saturated heterocycles. The minimum absolute atomic E-state index is 0.0148. The van der Waals surface area contributed by atoms with E-state index in [1.54, 1.807) is 6.08 Å². The molecule has 1 aliphatic carbocycles. The van der Waals surface area contributed by atoms with Gasteiger partial charge in [-0.3, -0.25) is 10.1 Å². The minimum atomic E-state index is -0.547. The molecule has 7 heteroatoms. The molecule has 1 aromatic rings. The van der Waals surface area contributed by atoms with E-state index in [-0.39, 0.29) is 40.8 Å². The molecular weight excluding hydrogens is 375 g/mol. The second kappa shape index (κ2) is 8.31. The van der Waals surface area contributed by atoms with E-state index in [0.29, 0.717) is 5.69 Å². The van der Waals surface area contributed by atoms with E-state index in [0.717, 1.165) is 11.1 Å². The normalized spacial score (nSPS) is 20.1. The Bertz CT molecular complexity index is 727. The number of benzene rings is 1. The maximum atomic E-state index is 12.2. The zero-order chi connectivity index (χ0) is 19.5. The van der Waals surface area contributed by atoms with E-state index in [1.807, 2.05) is 45.9 Å². The van der Waals surface area contributed by atoms with Gasteiger partial charge in [0.2, 0.25) is 5.91 Å². The van der Waals surface area contributed by atoms with E-state index in [1.165, 1.54) is 0 Å². The van der Waals surface area contributed by atoms with Gasteiger partial charge in [-0.15, -0.1) is 0 Å². The lowest BCUT2D eigenvalue weighted by atomic mass is 10.1. The molecule has 0 aromatic heterocycles. The van der Waals surface area contributed by atoms with Crippen molar-refractivity contribution in [1.29, 1.82) is 0 Å². The van der Waals surface area contributed by atoms with Crippen molar-refractivity contribution in [2.75, 3.05) is 18.5 Å². The van der Waals surface area contributed by atoms with Gasteiger partial charge in [-0.1, -0.05) is 49.2 Å². The number of amides is 2. The molecule has 26 heavy (non-hydrogen) atoms. The summed E-state index contributed by atoms with van der Waals surface area (Å²) in [5.74, 6) is -0.260. The molecule has 0 spiro atoms. The quantitative estimate of drug-likeness (QED) is 0.690. The van der Waals surface area contributed by atoms with E-state index in [9.17, 15) is 9.59 Å². The topological polar surface area (TPSA) is 67.4 Å². The van der Waals surface area contributed by atoms with Crippen molar-refractivity contribution in [3.63, 3.8) is 0 Å². The fourth-order valence-electron chi connectivity index (χ4n) is 3.09. The van der Waals surface area contributed by atoms with Crippen molar-refractivity contribution < 1.29 is 14.3 Å². The first-order valence-electron chi connectivity index (χ1n) is 8.45. The molecule has 0 unspecified atom stereocenters. The number of aryl methyl sites for hydroxylation is 1. The Kier molecular flexibility index (Phi) is 6.58. The molecule has 0 aliphatic heterocycles. The summed E-state index contributed by atoms with van der Waals surface area (Å²) in [5.41, 5.74) is 2.61. The summed E-state index contributed by atoms with van der Waals surface area (Å²) in [6.45, 7) is 8.22. The Labute approximate surface area is 164 Å². The molecule has 2 rings (SSSR count). The van der Waals surface area contributed by atoms with Gasteiger partial charge < -0.3 is 10.1 Å². The molecule has 2 N–H and O–H groups in total. The Balaban J connectivity index is 1.73. The summed E-state index contributed by atoms with van der Waals surface area (Å²) in [7, 11) is 0. The molecule has 1 saturated carbocycles. The molecule has 0 bridgehead atoms. The van der Waals surface area contributed by atoms with Crippen molar-refractivity contribution >= 4 is 40.9 Å². The summed E-state index contributed by atoms with van der Waals surface area (Å²) in [6.07, 6.45) is 1.15. The molecule has 0 radical (unpaired) electrons. The standard InChI is InChI=1S/C19H24Cl2N2O3/c1-11-6-5-7-14(12(11)2)23-18(25)26-9-8-22-17(24)16-13(10-15(20)21)19(16,3)4/h5-7,10,13,16H,8-9H2,1-4H3,(H,22,24)(H,23,25)/t13-,16-/m1/s1. The zero-order valence-corrected chi connectivity index (χ0v) is 16.9. The van der Waals surface area contributed by atoms with Gasteiger partial charge >= 0.3 is 6.09 Å². The fraction of sp³-hybridized carbons (Fsp3) is 0.474. The average molecular weight is 399 g/mol. The summed E-state index contributed by atoms with van der Waals surface area (Å²) >= 11 is 11.4. The van der Waals surface area contributed by atoms with Crippen LogP contribution in [0.5, 0.6) is 0 Å². The van der Waals surface area contributed by atoms with Gasteiger partial charge in [-0.05, 0) is 48.4 Å². The second-order valence-corrected chi connectivity index (χ2v) is 8.09. The lowest BCUT2D eigenvalue weighted by Crippen LogP contribution is -2.31. The fourth-order valence-corrected chi connectivity index (χ4v) is 3.36. The van der Waals surface area contributed by atoms with Crippen LogP contribution in [0.3, 0.4) is 0 Å². The van der Waals surface area contributed by atoms with Gasteiger partial charge in [0, 0.05) is 5.69 Å². The Hall–Kier alpha value is -1.72. The van der Waals surface area contributed by atoms with Gasteiger partial charge in [0.05, 0.1) is 12.5 Å². The number of nitrogens with one attached hydrogen (secondary N) is 2. The first kappa shape index (κ1) is 20.6. The van der Waals surface area contributed by atoms with Crippen LogP contribution in [0.25, 0.3) is 0 Å². The average Bonchev–Trinajstić information content (AvgIpc) is 3.08. The molecule has 1 aliphatic rings. The van der Waals surface area contributed by atoms with Crippen molar-refractivity contribution in [3.05, 3.63) is 39.9 Å². The highest BCUT2D eigenvalue weighted by atomic mass is 35.5. The molecule has 1 aromatic carbocycles. The van der Waals surface area contributed by atoms with Gasteiger partial charge in [-0.2, -0.15) is 0 Å². The van der Waals surface area contributed by atoms with Crippen molar-refractivity contribution in [3.8, 4) is 0 Å². The molecule has 2 atom stereocenters. The predicted octanol–water partition coefficient (Wildman–Crippen LogP) is 4.56. The molecule has 5 nitrogen and oxygen atoms in total. The third-order valence-corrected chi connectivity index (χ3v) is 5.23. The highest BCUT2D eigenvalue weighted by Gasteiger charge is 2.60. The van der Waals surface area contributed by atoms with Crippen LogP contribution in [0.1, 0.15) is 25.0 Å². The lowest BCUT2D eigenvalue weighted by molar-refractivity contribution is -0.123. The zero-order valence-electron chi connectivity index (χ0n) is 15.4. The number of ether oxygens (including phenoxy) is 1. The van der Waals surface area contributed by atoms with E-state index >= 15 is 0 Å². The largest absolute Gasteiger partial charge is 0.447 e. The third kappa shape index (κ3) is 4.92. The number of allylic oxidation sites excluding steroid dienone is 1. The molecule has 2 amide bonds. The Morgan fingerprint density at radius 1 is 1.27 bits per heavy atom. The van der Waals surface area contributed by atoms with Crippen LogP contribution >= 0.6 is 23.2 Å². The van der Waals surface area contributed by atoms with Crippen LogP contribution in [0.2, 0.25) is 0 Å². The highest BCUT2D eigenvalue weighted by Crippen LogP contribution is 2.59. The van der Waals surface area contributed by atoms with Gasteiger partial charge in [-0.25, -0.2) is 4.79 Å². The van der Waals surface area contributed by atoms with Crippen LogP contribution in [-0.4, -0.2) is 25.2 Å². The van der Waals surface area contributed by atoms with Crippen LogP contribution in [0.4, 0.5) is 10.5 Å². The summed E-state index contributed by atoms with van der Waals surface area (Å²) in [5, 5.41) is 5.49. The second-order valence-electron chi connectivity index (χ2n) is 7.08. The van der Waals surface area contributed by atoms with Crippen LogP contribution in [-0.2, 0) is 9.53 Å². The van der Waals surface area contributed by atoms with Crippen LogP contribution in [0.15, 0.2) is 28.8 Å². The number of hydrogen-bond acceptors (Lipinski definition) is 3. The molecule has 0 heterocycles. The highest BCUT2D eigenvalue weighted by molar-refractivity contribution is 6.55. The van der Waals surface area contributed by atoms with E-state index in [4.69, 9.17) is 27.9 Å². The number of hydrogen-bond donors (Lipinski definition) is 2. The van der Waals surface area contributed by atoms with Crippen LogP contribution < -0.4 is 10.6 Å². The predicted molar refractivity (Wildman–Crippen MR) is 104 cm³/mol. The Morgan fingerprint density at radius 2 is 1.96 bits per heavy atom. The maximum absolute atomic E-state index is 12.2. The van der Waals surface area contributed by atoms with Gasteiger partial charge in [0.25, 0.3) is 0 Å². The van der Waals surface area contributed by atoms with Gasteiger partial charge in [0.15, 0.2) is 0 Å². The van der Waals surface area contributed by atoms with E-state index < -0.39 is 6.09 Å². The molecule has 142 valence electrons. The number of halogens is 2. The maximum Gasteiger partial charge on any atom is 0.411 e. The number of carbonyl (C=O) groups excluding carboxylic acids is 2. The number of anilines is 1. The van der Waals surface area contributed by atoms with Crippen LogP contribution in [0, 0.1) is 31.1 Å². The number of carbonyl (C=O) groups is 2.